The molecule has 0 aliphatic rings. The van der Waals surface area contributed by atoms with E-state index < -0.39 is 0 Å². The third-order valence-corrected chi connectivity index (χ3v) is 3.88. The first-order chi connectivity index (χ1) is 9.67. The molecule has 20 heavy (non-hydrogen) atoms. The molecule has 0 spiro atoms. The number of hydrogen-bond donors (Lipinski definition) is 1. The summed E-state index contributed by atoms with van der Waals surface area (Å²) in [5, 5.41) is 0. The lowest BCUT2D eigenvalue weighted by molar-refractivity contribution is 0.388. The van der Waals surface area contributed by atoms with Gasteiger partial charge in [-0.3, -0.25) is 0 Å². The van der Waals surface area contributed by atoms with Crippen molar-refractivity contribution in [2.75, 3.05) is 0 Å². The van der Waals surface area contributed by atoms with Gasteiger partial charge in [0.2, 0.25) is 0 Å². The molecule has 0 fully saturated rings. The van der Waals surface area contributed by atoms with Crippen LogP contribution in [0.1, 0.15) is 38.1 Å². The van der Waals surface area contributed by atoms with Crippen LogP contribution in [-0.4, -0.2) is 15.1 Å². The van der Waals surface area contributed by atoms with Crippen LogP contribution < -0.4 is 5.73 Å². The lowest BCUT2D eigenvalue weighted by Gasteiger charge is -2.28. The van der Waals surface area contributed by atoms with E-state index >= 15 is 0 Å². The first-order valence-corrected chi connectivity index (χ1v) is 7.49. The zero-order valence-corrected chi connectivity index (χ0v) is 12.5. The van der Waals surface area contributed by atoms with Crippen LogP contribution in [0, 0.1) is 0 Å². The van der Waals surface area contributed by atoms with Gasteiger partial charge < -0.3 is 10.3 Å². The lowest BCUT2D eigenvalue weighted by Crippen LogP contribution is -2.44. The normalized spacial score (nSPS) is 14.2. The molecule has 2 aromatic rings. The minimum absolute atomic E-state index is 0.224. The predicted octanol–water partition coefficient (Wildman–Crippen LogP) is 3.19. The van der Waals surface area contributed by atoms with Crippen LogP contribution in [0.2, 0.25) is 0 Å². The third kappa shape index (κ3) is 3.70. The van der Waals surface area contributed by atoms with Gasteiger partial charge in [-0.05, 0) is 24.8 Å². The van der Waals surface area contributed by atoms with Crippen molar-refractivity contribution in [3.63, 3.8) is 0 Å². The molecule has 0 saturated carbocycles. The Labute approximate surface area is 121 Å². The Morgan fingerprint density at radius 2 is 1.90 bits per heavy atom. The largest absolute Gasteiger partial charge is 0.335 e. The molecule has 3 nitrogen and oxygen atoms in total. The fourth-order valence-corrected chi connectivity index (χ4v) is 2.58. The summed E-state index contributed by atoms with van der Waals surface area (Å²) in [5.41, 5.74) is 7.70. The maximum absolute atomic E-state index is 6.63. The molecule has 108 valence electrons. The number of aromatic nitrogens is 2. The van der Waals surface area contributed by atoms with Gasteiger partial charge in [-0.15, -0.1) is 0 Å². The summed E-state index contributed by atoms with van der Waals surface area (Å²) in [5.74, 6) is 1.10. The number of imidazole rings is 1. The average molecular weight is 271 g/mol. The van der Waals surface area contributed by atoms with Crippen LogP contribution in [-0.2, 0) is 19.4 Å². The fraction of sp³-hybridized carbons (Fsp3) is 0.471. The van der Waals surface area contributed by atoms with Crippen LogP contribution in [0.5, 0.6) is 0 Å². The maximum Gasteiger partial charge on any atom is 0.110 e. The molecular formula is C17H25N3. The molecule has 0 radical (unpaired) electrons. The summed E-state index contributed by atoms with van der Waals surface area (Å²) in [6.07, 6.45) is 7.71. The Morgan fingerprint density at radius 1 is 1.15 bits per heavy atom. The van der Waals surface area contributed by atoms with E-state index in [2.05, 4.69) is 53.9 Å². The zero-order valence-electron chi connectivity index (χ0n) is 12.5. The van der Waals surface area contributed by atoms with Crippen LogP contribution in [0.15, 0.2) is 42.7 Å². The first-order valence-electron chi connectivity index (χ1n) is 7.49. The molecule has 0 saturated heterocycles. The van der Waals surface area contributed by atoms with E-state index in [0.717, 1.165) is 38.1 Å². The first kappa shape index (κ1) is 14.8. The number of nitrogens with zero attached hydrogens (tertiary/aromatic N) is 2. The van der Waals surface area contributed by atoms with E-state index in [4.69, 9.17) is 5.73 Å². The van der Waals surface area contributed by atoms with Gasteiger partial charge in [0.05, 0.1) is 0 Å². The smallest absolute Gasteiger partial charge is 0.110 e. The quantitative estimate of drug-likeness (QED) is 0.840. The summed E-state index contributed by atoms with van der Waals surface area (Å²) in [4.78, 5) is 4.49. The van der Waals surface area contributed by atoms with Crippen LogP contribution >= 0.6 is 0 Å². The predicted molar refractivity (Wildman–Crippen MR) is 83.6 cm³/mol. The Hall–Kier alpha value is -1.61. The number of nitrogens with two attached hydrogens (primary N) is 1. The molecular weight excluding hydrogens is 246 g/mol. The summed E-state index contributed by atoms with van der Waals surface area (Å²) >= 11 is 0. The lowest BCUT2D eigenvalue weighted by atomic mass is 9.86. The van der Waals surface area contributed by atoms with Gasteiger partial charge in [0.15, 0.2) is 0 Å². The van der Waals surface area contributed by atoms with Gasteiger partial charge in [0.1, 0.15) is 5.82 Å². The van der Waals surface area contributed by atoms with Gasteiger partial charge in [0, 0.05) is 30.9 Å². The van der Waals surface area contributed by atoms with Gasteiger partial charge in [-0.25, -0.2) is 4.98 Å². The fourth-order valence-electron chi connectivity index (χ4n) is 2.58. The Kier molecular flexibility index (Phi) is 4.96. The van der Waals surface area contributed by atoms with Crippen molar-refractivity contribution < 1.29 is 0 Å². The molecule has 1 heterocycles. The zero-order chi connectivity index (χ0) is 14.4. The second-order valence-corrected chi connectivity index (χ2v) is 5.59. The van der Waals surface area contributed by atoms with Gasteiger partial charge in [-0.1, -0.05) is 44.2 Å². The molecule has 3 heteroatoms. The van der Waals surface area contributed by atoms with E-state index in [9.17, 15) is 0 Å². The van der Waals surface area contributed by atoms with Crippen molar-refractivity contribution in [2.45, 2.75) is 51.6 Å². The molecule has 0 aliphatic heterocycles. The number of aryl methyl sites for hydroxylation is 1. The van der Waals surface area contributed by atoms with Crippen molar-refractivity contribution in [2.24, 2.45) is 5.73 Å². The number of hydrogen-bond acceptors (Lipinski definition) is 2. The van der Waals surface area contributed by atoms with Crippen molar-refractivity contribution in [3.8, 4) is 0 Å². The molecule has 1 aromatic heterocycles. The molecule has 1 unspecified atom stereocenters. The monoisotopic (exact) mass is 271 g/mol. The topological polar surface area (TPSA) is 43.8 Å². The Morgan fingerprint density at radius 3 is 2.55 bits per heavy atom. The van der Waals surface area contributed by atoms with E-state index in [0.29, 0.717) is 0 Å². The van der Waals surface area contributed by atoms with Crippen LogP contribution in [0.3, 0.4) is 0 Å². The Bertz CT molecular complexity index is 518. The van der Waals surface area contributed by atoms with Gasteiger partial charge >= 0.3 is 0 Å². The molecule has 0 amide bonds. The second kappa shape index (κ2) is 6.71. The van der Waals surface area contributed by atoms with Crippen molar-refractivity contribution in [3.05, 3.63) is 54.1 Å². The highest BCUT2D eigenvalue weighted by molar-refractivity contribution is 5.18. The van der Waals surface area contributed by atoms with Gasteiger partial charge in [0.25, 0.3) is 0 Å². The van der Waals surface area contributed by atoms with Crippen molar-refractivity contribution in [1.82, 2.24) is 9.55 Å². The number of rotatable bonds is 7. The standard InChI is InChI=1S/C17H25N3/c1-3-11-20-12-10-19-16(20)14-17(18,4-2)13-15-8-6-5-7-9-15/h5-10,12H,3-4,11,13-14,18H2,1-2H3. The Balaban J connectivity index is 2.12. The molecule has 2 N–H and O–H groups in total. The SMILES string of the molecule is CCCn1ccnc1CC(N)(CC)Cc1ccccc1. The maximum atomic E-state index is 6.63. The van der Waals surface area contributed by atoms with Gasteiger partial charge in [-0.2, -0.15) is 0 Å². The molecule has 0 aliphatic carbocycles. The summed E-state index contributed by atoms with van der Waals surface area (Å²) in [7, 11) is 0. The van der Waals surface area contributed by atoms with Crippen LogP contribution in [0.4, 0.5) is 0 Å². The number of benzene rings is 1. The minimum atomic E-state index is -0.224. The molecule has 1 atom stereocenters. The average Bonchev–Trinajstić information content (AvgIpc) is 2.87. The molecule has 2 rings (SSSR count). The molecule has 1 aromatic carbocycles. The van der Waals surface area contributed by atoms with Crippen molar-refractivity contribution >= 4 is 0 Å². The highest BCUT2D eigenvalue weighted by Gasteiger charge is 2.25. The highest BCUT2D eigenvalue weighted by atomic mass is 15.1. The van der Waals surface area contributed by atoms with Crippen molar-refractivity contribution in [1.29, 1.82) is 0 Å². The molecule has 0 bridgehead atoms. The van der Waals surface area contributed by atoms with E-state index in [-0.39, 0.29) is 5.54 Å². The summed E-state index contributed by atoms with van der Waals surface area (Å²) < 4.78 is 2.22. The summed E-state index contributed by atoms with van der Waals surface area (Å²) in [6, 6.07) is 10.5. The van der Waals surface area contributed by atoms with E-state index in [1.165, 1.54) is 5.56 Å². The second-order valence-electron chi connectivity index (χ2n) is 5.59. The third-order valence-electron chi connectivity index (χ3n) is 3.88. The minimum Gasteiger partial charge on any atom is -0.335 e. The summed E-state index contributed by atoms with van der Waals surface area (Å²) in [6.45, 7) is 5.36. The van der Waals surface area contributed by atoms with E-state index in [1.54, 1.807) is 0 Å². The van der Waals surface area contributed by atoms with E-state index in [1.807, 2.05) is 12.3 Å². The highest BCUT2D eigenvalue weighted by Crippen LogP contribution is 2.19. The van der Waals surface area contributed by atoms with Crippen LogP contribution in [0.25, 0.3) is 0 Å².